The van der Waals surface area contributed by atoms with Crippen LogP contribution in [0.25, 0.3) is 32.8 Å². The molecule has 102 valence electrons. The smallest absolute Gasteiger partial charge is 0.347 e. The maximum Gasteiger partial charge on any atom is 0.347 e. The molecule has 0 aliphatic heterocycles. The summed E-state index contributed by atoms with van der Waals surface area (Å²) in [6, 6.07) is 13.2. The zero-order chi connectivity index (χ0) is 14.6. The Labute approximate surface area is 124 Å². The van der Waals surface area contributed by atoms with Crippen LogP contribution < -0.4 is 5.63 Å². The molecule has 0 aliphatic rings. The monoisotopic (exact) mass is 295 g/mol. The van der Waals surface area contributed by atoms with E-state index in [4.69, 9.17) is 16.0 Å². The van der Waals surface area contributed by atoms with E-state index in [2.05, 4.69) is 4.98 Å². The number of para-hydroxylation sites is 1. The second-order valence-electron chi connectivity index (χ2n) is 5.06. The number of rotatable bonds is 0. The fraction of sp³-hybridized carbons (Fsp3) is 0.0588. The highest BCUT2D eigenvalue weighted by molar-refractivity contribution is 6.40. The lowest BCUT2D eigenvalue weighted by atomic mass is 10.1. The van der Waals surface area contributed by atoms with Crippen LogP contribution in [-0.2, 0) is 0 Å². The van der Waals surface area contributed by atoms with Gasteiger partial charge in [-0.05, 0) is 25.1 Å². The van der Waals surface area contributed by atoms with Crippen LogP contribution in [0.2, 0.25) is 5.02 Å². The van der Waals surface area contributed by atoms with Crippen LogP contribution >= 0.6 is 11.6 Å². The summed E-state index contributed by atoms with van der Waals surface area (Å²) in [7, 11) is 0. The first kappa shape index (κ1) is 12.4. The van der Waals surface area contributed by atoms with Crippen LogP contribution in [0, 0.1) is 6.92 Å². The van der Waals surface area contributed by atoms with E-state index in [1.165, 1.54) is 0 Å². The van der Waals surface area contributed by atoms with Crippen LogP contribution in [0.4, 0.5) is 0 Å². The van der Waals surface area contributed by atoms with E-state index in [0.29, 0.717) is 21.5 Å². The third kappa shape index (κ3) is 1.74. The number of aryl methyl sites for hydroxylation is 1. The molecule has 0 fully saturated rings. The molecule has 2 heterocycles. The summed E-state index contributed by atoms with van der Waals surface area (Å²) >= 11 is 6.42. The highest BCUT2D eigenvalue weighted by Gasteiger charge is 2.15. The molecule has 4 heteroatoms. The Hall–Kier alpha value is -2.39. The van der Waals surface area contributed by atoms with Crippen molar-refractivity contribution in [2.75, 3.05) is 0 Å². The second kappa shape index (κ2) is 4.30. The molecular weight excluding hydrogens is 286 g/mol. The van der Waals surface area contributed by atoms with Crippen molar-refractivity contribution in [2.45, 2.75) is 6.92 Å². The standard InChI is InChI=1S/C17H10ClNO2/c1-9-6-7-13-11(8-9)16-14(17(20)21-13)15(18)10-4-2-3-5-12(10)19-16/h2-8H,1H3. The first-order valence-corrected chi connectivity index (χ1v) is 6.94. The molecule has 3 nitrogen and oxygen atoms in total. The molecule has 0 amide bonds. The van der Waals surface area contributed by atoms with Crippen molar-refractivity contribution in [3.63, 3.8) is 0 Å². The first-order chi connectivity index (χ1) is 10.1. The number of pyridine rings is 1. The molecule has 0 unspecified atom stereocenters. The molecule has 0 radical (unpaired) electrons. The Morgan fingerprint density at radius 3 is 2.76 bits per heavy atom. The Bertz CT molecular complexity index is 1080. The van der Waals surface area contributed by atoms with Gasteiger partial charge >= 0.3 is 5.63 Å². The van der Waals surface area contributed by atoms with Crippen LogP contribution in [0.15, 0.2) is 51.7 Å². The van der Waals surface area contributed by atoms with Gasteiger partial charge in [-0.25, -0.2) is 9.78 Å². The number of hydrogen-bond donors (Lipinski definition) is 0. The molecule has 0 saturated carbocycles. The first-order valence-electron chi connectivity index (χ1n) is 6.56. The number of halogens is 1. The Balaban J connectivity index is 2.37. The lowest BCUT2D eigenvalue weighted by molar-refractivity contribution is 0.569. The summed E-state index contributed by atoms with van der Waals surface area (Å²) in [6.45, 7) is 1.99. The summed E-state index contributed by atoms with van der Waals surface area (Å²) < 4.78 is 5.38. The van der Waals surface area contributed by atoms with E-state index in [1.807, 2.05) is 43.3 Å². The lowest BCUT2D eigenvalue weighted by Gasteiger charge is -2.07. The van der Waals surface area contributed by atoms with Gasteiger partial charge in [-0.1, -0.05) is 41.4 Å². The van der Waals surface area contributed by atoms with E-state index in [9.17, 15) is 4.79 Å². The SMILES string of the molecule is Cc1ccc2oc(=O)c3c(Cl)c4ccccc4nc3c2c1. The van der Waals surface area contributed by atoms with Gasteiger partial charge in [-0.15, -0.1) is 0 Å². The van der Waals surface area contributed by atoms with E-state index in [1.54, 1.807) is 6.07 Å². The number of aromatic nitrogens is 1. The van der Waals surface area contributed by atoms with Gasteiger partial charge in [-0.3, -0.25) is 0 Å². The molecule has 0 bridgehead atoms. The van der Waals surface area contributed by atoms with Crippen LogP contribution in [0.3, 0.4) is 0 Å². The van der Waals surface area contributed by atoms with Crippen molar-refractivity contribution in [1.29, 1.82) is 0 Å². The minimum atomic E-state index is -0.454. The second-order valence-corrected chi connectivity index (χ2v) is 5.43. The molecule has 2 aromatic carbocycles. The molecule has 0 saturated heterocycles. The molecule has 4 aromatic rings. The molecule has 0 N–H and O–H groups in total. The van der Waals surface area contributed by atoms with Gasteiger partial charge in [0.05, 0.1) is 16.1 Å². The summed E-state index contributed by atoms with van der Waals surface area (Å²) in [5.74, 6) is 0. The predicted octanol–water partition coefficient (Wildman–Crippen LogP) is 4.46. The van der Waals surface area contributed by atoms with Gasteiger partial charge in [0, 0.05) is 10.8 Å². The van der Waals surface area contributed by atoms with Crippen molar-refractivity contribution in [3.8, 4) is 0 Å². The van der Waals surface area contributed by atoms with Crippen molar-refractivity contribution < 1.29 is 4.42 Å². The molecule has 4 rings (SSSR count). The summed E-state index contributed by atoms with van der Waals surface area (Å²) in [4.78, 5) is 16.9. The topological polar surface area (TPSA) is 43.1 Å². The fourth-order valence-corrected chi connectivity index (χ4v) is 2.95. The lowest BCUT2D eigenvalue weighted by Crippen LogP contribution is -2.02. The Morgan fingerprint density at radius 1 is 1.10 bits per heavy atom. The quantitative estimate of drug-likeness (QED) is 0.273. The highest BCUT2D eigenvalue weighted by atomic mass is 35.5. The molecule has 0 atom stereocenters. The van der Waals surface area contributed by atoms with Crippen LogP contribution in [0.5, 0.6) is 0 Å². The average molecular weight is 296 g/mol. The highest BCUT2D eigenvalue weighted by Crippen LogP contribution is 2.32. The minimum absolute atomic E-state index is 0.341. The summed E-state index contributed by atoms with van der Waals surface area (Å²) in [5, 5.41) is 2.30. The van der Waals surface area contributed by atoms with Crippen molar-refractivity contribution in [2.24, 2.45) is 0 Å². The van der Waals surface area contributed by atoms with E-state index >= 15 is 0 Å². The predicted molar refractivity (Wildman–Crippen MR) is 85.0 cm³/mol. The third-order valence-corrected chi connectivity index (χ3v) is 4.02. The van der Waals surface area contributed by atoms with Crippen LogP contribution in [0.1, 0.15) is 5.56 Å². The number of fused-ring (bicyclic) bond motifs is 4. The number of benzene rings is 2. The molecule has 0 spiro atoms. The summed E-state index contributed by atoms with van der Waals surface area (Å²) in [5.41, 5.74) is 2.50. The maximum atomic E-state index is 12.3. The normalized spacial score (nSPS) is 11.5. The van der Waals surface area contributed by atoms with Gasteiger partial charge in [0.2, 0.25) is 0 Å². The van der Waals surface area contributed by atoms with Crippen molar-refractivity contribution >= 4 is 44.4 Å². The van der Waals surface area contributed by atoms with Crippen molar-refractivity contribution in [1.82, 2.24) is 4.98 Å². The van der Waals surface area contributed by atoms with Gasteiger partial charge in [0.25, 0.3) is 0 Å². The summed E-state index contributed by atoms with van der Waals surface area (Å²) in [6.07, 6.45) is 0. The van der Waals surface area contributed by atoms with Gasteiger partial charge < -0.3 is 4.42 Å². The van der Waals surface area contributed by atoms with E-state index in [0.717, 1.165) is 21.9 Å². The molecule has 0 aliphatic carbocycles. The van der Waals surface area contributed by atoms with E-state index < -0.39 is 5.63 Å². The zero-order valence-corrected chi connectivity index (χ0v) is 11.9. The molecule has 2 aromatic heterocycles. The third-order valence-electron chi connectivity index (χ3n) is 3.63. The van der Waals surface area contributed by atoms with E-state index in [-0.39, 0.29) is 0 Å². The number of hydrogen-bond acceptors (Lipinski definition) is 3. The number of nitrogens with zero attached hydrogens (tertiary/aromatic N) is 1. The fourth-order valence-electron chi connectivity index (χ4n) is 2.62. The average Bonchev–Trinajstić information content (AvgIpc) is 2.48. The molecule has 21 heavy (non-hydrogen) atoms. The van der Waals surface area contributed by atoms with Gasteiger partial charge in [0.15, 0.2) is 0 Å². The minimum Gasteiger partial charge on any atom is -0.422 e. The van der Waals surface area contributed by atoms with Crippen molar-refractivity contribution in [3.05, 3.63) is 63.5 Å². The molecular formula is C17H10ClNO2. The Kier molecular flexibility index (Phi) is 2.53. The Morgan fingerprint density at radius 2 is 1.90 bits per heavy atom. The van der Waals surface area contributed by atoms with Gasteiger partial charge in [0.1, 0.15) is 11.0 Å². The van der Waals surface area contributed by atoms with Gasteiger partial charge in [-0.2, -0.15) is 0 Å². The largest absolute Gasteiger partial charge is 0.422 e. The van der Waals surface area contributed by atoms with Crippen LogP contribution in [-0.4, -0.2) is 4.98 Å². The maximum absolute atomic E-state index is 12.3. The zero-order valence-electron chi connectivity index (χ0n) is 11.2.